The molecule has 1 rings (SSSR count). The standard InChI is InChI=1S/C10H17N3O3/c1-8(2)15-5-6-16-10(14)7-13-4-3-9(11)12-13/h3-4,8H,5-7H2,1-2H3,(H2,11,12). The molecule has 0 atom stereocenters. The van der Waals surface area contributed by atoms with Gasteiger partial charge in [0.15, 0.2) is 0 Å². The van der Waals surface area contributed by atoms with Gasteiger partial charge in [0.25, 0.3) is 0 Å². The van der Waals surface area contributed by atoms with Crippen LogP contribution in [0.3, 0.4) is 0 Å². The quantitative estimate of drug-likeness (QED) is 0.563. The molecule has 1 heterocycles. The monoisotopic (exact) mass is 227 g/mol. The zero-order chi connectivity index (χ0) is 12.0. The van der Waals surface area contributed by atoms with Gasteiger partial charge in [-0.3, -0.25) is 9.48 Å². The first-order chi connectivity index (χ1) is 7.58. The van der Waals surface area contributed by atoms with Crippen LogP contribution in [0.1, 0.15) is 13.8 Å². The molecule has 2 N–H and O–H groups in total. The van der Waals surface area contributed by atoms with Crippen LogP contribution in [0.4, 0.5) is 5.82 Å². The van der Waals surface area contributed by atoms with Crippen molar-refractivity contribution in [2.75, 3.05) is 18.9 Å². The number of aromatic nitrogens is 2. The third kappa shape index (κ3) is 4.79. The summed E-state index contributed by atoms with van der Waals surface area (Å²) < 4.78 is 11.6. The van der Waals surface area contributed by atoms with Crippen LogP contribution in [0, 0.1) is 0 Å². The highest BCUT2D eigenvalue weighted by Gasteiger charge is 2.05. The lowest BCUT2D eigenvalue weighted by molar-refractivity contribution is -0.146. The van der Waals surface area contributed by atoms with E-state index in [0.29, 0.717) is 12.4 Å². The first-order valence-electron chi connectivity index (χ1n) is 5.14. The van der Waals surface area contributed by atoms with Crippen molar-refractivity contribution >= 4 is 11.8 Å². The van der Waals surface area contributed by atoms with Crippen LogP contribution in [-0.2, 0) is 20.8 Å². The van der Waals surface area contributed by atoms with Crippen molar-refractivity contribution in [3.8, 4) is 0 Å². The van der Waals surface area contributed by atoms with Gasteiger partial charge in [0, 0.05) is 6.20 Å². The lowest BCUT2D eigenvalue weighted by atomic mass is 10.5. The summed E-state index contributed by atoms with van der Waals surface area (Å²) in [7, 11) is 0. The van der Waals surface area contributed by atoms with Gasteiger partial charge in [-0.15, -0.1) is 0 Å². The number of nitrogens with two attached hydrogens (primary N) is 1. The molecule has 6 heteroatoms. The first-order valence-corrected chi connectivity index (χ1v) is 5.14. The number of rotatable bonds is 6. The van der Waals surface area contributed by atoms with Crippen LogP contribution in [-0.4, -0.2) is 35.1 Å². The summed E-state index contributed by atoms with van der Waals surface area (Å²) in [6.45, 7) is 4.58. The second-order valence-corrected chi connectivity index (χ2v) is 3.58. The molecule has 0 aromatic carbocycles. The highest BCUT2D eigenvalue weighted by atomic mass is 16.6. The number of anilines is 1. The Bertz CT molecular complexity index is 336. The molecule has 0 bridgehead atoms. The van der Waals surface area contributed by atoms with Gasteiger partial charge in [0.1, 0.15) is 19.0 Å². The van der Waals surface area contributed by atoms with Gasteiger partial charge in [0.2, 0.25) is 0 Å². The summed E-state index contributed by atoms with van der Waals surface area (Å²) in [5.41, 5.74) is 5.41. The lowest BCUT2D eigenvalue weighted by Crippen LogP contribution is -2.18. The Morgan fingerprint density at radius 3 is 2.88 bits per heavy atom. The molecular weight excluding hydrogens is 210 g/mol. The maximum absolute atomic E-state index is 11.3. The van der Waals surface area contributed by atoms with E-state index in [2.05, 4.69) is 5.10 Å². The molecular formula is C10H17N3O3. The molecule has 0 spiro atoms. The van der Waals surface area contributed by atoms with Gasteiger partial charge < -0.3 is 15.2 Å². The van der Waals surface area contributed by atoms with E-state index < -0.39 is 0 Å². The molecule has 0 amide bonds. The fraction of sp³-hybridized carbons (Fsp3) is 0.600. The third-order valence-corrected chi connectivity index (χ3v) is 1.75. The average Bonchev–Trinajstić information content (AvgIpc) is 2.58. The van der Waals surface area contributed by atoms with E-state index in [0.717, 1.165) is 0 Å². The maximum atomic E-state index is 11.3. The molecule has 0 aliphatic heterocycles. The number of hydrogen-bond acceptors (Lipinski definition) is 5. The van der Waals surface area contributed by atoms with Gasteiger partial charge in [0.05, 0.1) is 12.7 Å². The van der Waals surface area contributed by atoms with Crippen molar-refractivity contribution in [1.82, 2.24) is 9.78 Å². The Kier molecular flexibility index (Phi) is 4.78. The lowest BCUT2D eigenvalue weighted by Gasteiger charge is -2.08. The molecule has 0 aliphatic carbocycles. The van der Waals surface area contributed by atoms with Crippen molar-refractivity contribution in [3.05, 3.63) is 12.3 Å². The zero-order valence-corrected chi connectivity index (χ0v) is 9.55. The van der Waals surface area contributed by atoms with E-state index in [1.165, 1.54) is 4.68 Å². The Labute approximate surface area is 94.3 Å². The molecule has 1 aromatic rings. The van der Waals surface area contributed by atoms with Crippen LogP contribution in [0.15, 0.2) is 12.3 Å². The summed E-state index contributed by atoms with van der Waals surface area (Å²) >= 11 is 0. The van der Waals surface area contributed by atoms with Gasteiger partial charge >= 0.3 is 5.97 Å². The van der Waals surface area contributed by atoms with E-state index in [1.54, 1.807) is 12.3 Å². The summed E-state index contributed by atoms with van der Waals surface area (Å²) in [5.74, 6) is 0.0337. The molecule has 0 unspecified atom stereocenters. The second kappa shape index (κ2) is 6.12. The second-order valence-electron chi connectivity index (χ2n) is 3.58. The summed E-state index contributed by atoms with van der Waals surface area (Å²) in [6, 6.07) is 1.62. The van der Waals surface area contributed by atoms with Gasteiger partial charge in [-0.2, -0.15) is 5.10 Å². The van der Waals surface area contributed by atoms with E-state index >= 15 is 0 Å². The number of carbonyl (C=O) groups is 1. The summed E-state index contributed by atoms with van der Waals surface area (Å²) in [4.78, 5) is 11.3. The number of carbonyl (C=O) groups excluding carboxylic acids is 1. The molecule has 0 aliphatic rings. The molecule has 0 fully saturated rings. The molecule has 90 valence electrons. The van der Waals surface area contributed by atoms with Gasteiger partial charge in [-0.1, -0.05) is 0 Å². The Balaban J connectivity index is 2.16. The Morgan fingerprint density at radius 2 is 2.31 bits per heavy atom. The van der Waals surface area contributed by atoms with Crippen LogP contribution < -0.4 is 5.73 Å². The predicted octanol–water partition coefficient (Wildman–Crippen LogP) is 0.433. The third-order valence-electron chi connectivity index (χ3n) is 1.75. The molecule has 0 saturated carbocycles. The molecule has 0 saturated heterocycles. The topological polar surface area (TPSA) is 79.4 Å². The minimum absolute atomic E-state index is 0.0683. The van der Waals surface area contributed by atoms with Crippen LogP contribution >= 0.6 is 0 Å². The largest absolute Gasteiger partial charge is 0.462 e. The smallest absolute Gasteiger partial charge is 0.327 e. The van der Waals surface area contributed by atoms with Crippen LogP contribution in [0.5, 0.6) is 0 Å². The van der Waals surface area contributed by atoms with Gasteiger partial charge in [-0.25, -0.2) is 0 Å². The van der Waals surface area contributed by atoms with Crippen molar-refractivity contribution in [3.63, 3.8) is 0 Å². The maximum Gasteiger partial charge on any atom is 0.327 e. The average molecular weight is 227 g/mol. The van der Waals surface area contributed by atoms with Gasteiger partial charge in [-0.05, 0) is 19.9 Å². The first kappa shape index (κ1) is 12.5. The minimum atomic E-state index is -0.351. The van der Waals surface area contributed by atoms with Crippen LogP contribution in [0.2, 0.25) is 0 Å². The fourth-order valence-corrected chi connectivity index (χ4v) is 1.08. The highest BCUT2D eigenvalue weighted by Crippen LogP contribution is 1.96. The van der Waals surface area contributed by atoms with E-state index in [4.69, 9.17) is 15.2 Å². The minimum Gasteiger partial charge on any atom is -0.462 e. The van der Waals surface area contributed by atoms with E-state index in [1.807, 2.05) is 13.8 Å². The fourth-order valence-electron chi connectivity index (χ4n) is 1.08. The highest BCUT2D eigenvalue weighted by molar-refractivity contribution is 5.69. The number of nitrogen functional groups attached to an aromatic ring is 1. The molecule has 16 heavy (non-hydrogen) atoms. The van der Waals surface area contributed by atoms with E-state index in [-0.39, 0.29) is 25.2 Å². The Morgan fingerprint density at radius 1 is 1.56 bits per heavy atom. The van der Waals surface area contributed by atoms with Crippen molar-refractivity contribution in [2.24, 2.45) is 0 Å². The number of ether oxygens (including phenoxy) is 2. The SMILES string of the molecule is CC(C)OCCOC(=O)Cn1ccc(N)n1. The predicted molar refractivity (Wildman–Crippen MR) is 58.7 cm³/mol. The zero-order valence-electron chi connectivity index (χ0n) is 9.55. The number of esters is 1. The van der Waals surface area contributed by atoms with E-state index in [9.17, 15) is 4.79 Å². The molecule has 0 radical (unpaired) electrons. The number of nitrogens with zero attached hydrogens (tertiary/aromatic N) is 2. The molecule has 1 aromatic heterocycles. The van der Waals surface area contributed by atoms with Crippen molar-refractivity contribution < 1.29 is 14.3 Å². The normalized spacial score (nSPS) is 10.7. The Hall–Kier alpha value is -1.56. The summed E-state index contributed by atoms with van der Waals surface area (Å²) in [6.07, 6.45) is 1.77. The summed E-state index contributed by atoms with van der Waals surface area (Å²) in [5, 5.41) is 3.87. The number of hydrogen-bond donors (Lipinski definition) is 1. The van der Waals surface area contributed by atoms with Crippen molar-refractivity contribution in [2.45, 2.75) is 26.5 Å². The van der Waals surface area contributed by atoms with Crippen molar-refractivity contribution in [1.29, 1.82) is 0 Å². The van der Waals surface area contributed by atoms with Crippen LogP contribution in [0.25, 0.3) is 0 Å². The molecule has 6 nitrogen and oxygen atoms in total.